The largest absolute Gasteiger partial charge is 0.254 e. The molecule has 0 spiro atoms. The molecule has 0 atom stereocenters. The Morgan fingerprint density at radius 2 is 1.70 bits per heavy atom. The van der Waals surface area contributed by atoms with Gasteiger partial charge in [0.05, 0.1) is 5.52 Å². The van der Waals surface area contributed by atoms with Crippen LogP contribution in [0.25, 0.3) is 27.6 Å². The van der Waals surface area contributed by atoms with E-state index in [9.17, 15) is 0 Å². The number of pyridine rings is 2. The van der Waals surface area contributed by atoms with Crippen LogP contribution >= 0.6 is 0 Å². The molecule has 4 heteroatoms. The zero-order chi connectivity index (χ0) is 16.0. The standard InChI is InChI=1S/C19H19N4/c1-19(2,3)23-12-11-22(13-23)16-9-8-15-7-6-14-5-4-10-20-17(14)18(15)21-16/h4-13H,1-3H3/q+1. The first-order valence-corrected chi connectivity index (χ1v) is 7.77. The molecule has 0 saturated heterocycles. The number of hydrogen-bond acceptors (Lipinski definition) is 2. The van der Waals surface area contributed by atoms with Crippen molar-refractivity contribution in [3.05, 3.63) is 61.3 Å². The summed E-state index contributed by atoms with van der Waals surface area (Å²) in [6.07, 6.45) is 8.01. The van der Waals surface area contributed by atoms with Crippen LogP contribution in [0.15, 0.2) is 61.3 Å². The smallest absolute Gasteiger partial charge is 0.250 e. The van der Waals surface area contributed by atoms with Crippen molar-refractivity contribution >= 4 is 21.8 Å². The second-order valence-electron chi connectivity index (χ2n) is 6.78. The summed E-state index contributed by atoms with van der Waals surface area (Å²) in [4.78, 5) is 9.37. The zero-order valence-corrected chi connectivity index (χ0v) is 13.6. The maximum atomic E-state index is 4.86. The zero-order valence-electron chi connectivity index (χ0n) is 13.6. The van der Waals surface area contributed by atoms with E-state index in [1.165, 1.54) is 0 Å². The lowest BCUT2D eigenvalue weighted by molar-refractivity contribution is -0.753. The van der Waals surface area contributed by atoms with Gasteiger partial charge in [-0.2, -0.15) is 4.57 Å². The Bertz CT molecular complexity index is 1010. The van der Waals surface area contributed by atoms with Crippen LogP contribution in [-0.4, -0.2) is 14.5 Å². The first-order valence-electron chi connectivity index (χ1n) is 7.77. The van der Waals surface area contributed by atoms with E-state index >= 15 is 0 Å². The van der Waals surface area contributed by atoms with Gasteiger partial charge in [-0.25, -0.2) is 9.55 Å². The molecular formula is C19H19N4+. The highest BCUT2D eigenvalue weighted by atomic mass is 15.2. The predicted octanol–water partition coefficient (Wildman–Crippen LogP) is 3.62. The van der Waals surface area contributed by atoms with Gasteiger partial charge in [0, 0.05) is 23.0 Å². The van der Waals surface area contributed by atoms with Crippen molar-refractivity contribution in [2.75, 3.05) is 0 Å². The van der Waals surface area contributed by atoms with E-state index in [1.807, 2.05) is 29.1 Å². The van der Waals surface area contributed by atoms with E-state index in [0.717, 1.165) is 27.6 Å². The third-order valence-electron chi connectivity index (χ3n) is 4.09. The van der Waals surface area contributed by atoms with Gasteiger partial charge in [0.1, 0.15) is 23.4 Å². The molecule has 3 aromatic heterocycles. The van der Waals surface area contributed by atoms with E-state index in [2.05, 4.69) is 67.1 Å². The van der Waals surface area contributed by atoms with Crippen LogP contribution in [0.3, 0.4) is 0 Å². The highest BCUT2D eigenvalue weighted by molar-refractivity contribution is 6.02. The van der Waals surface area contributed by atoms with Crippen LogP contribution in [0.1, 0.15) is 20.8 Å². The average molecular weight is 303 g/mol. The topological polar surface area (TPSA) is 34.6 Å². The van der Waals surface area contributed by atoms with Crippen molar-refractivity contribution in [2.24, 2.45) is 0 Å². The van der Waals surface area contributed by atoms with Crippen molar-refractivity contribution in [3.63, 3.8) is 0 Å². The summed E-state index contributed by atoms with van der Waals surface area (Å²) in [5.41, 5.74) is 1.94. The maximum Gasteiger partial charge on any atom is 0.250 e. The van der Waals surface area contributed by atoms with Gasteiger partial charge < -0.3 is 0 Å². The number of imidazole rings is 1. The Morgan fingerprint density at radius 3 is 2.43 bits per heavy atom. The molecule has 114 valence electrons. The van der Waals surface area contributed by atoms with E-state index in [-0.39, 0.29) is 5.54 Å². The quantitative estimate of drug-likeness (QED) is 0.397. The van der Waals surface area contributed by atoms with Gasteiger partial charge in [0.15, 0.2) is 0 Å². The first-order chi connectivity index (χ1) is 11.0. The summed E-state index contributed by atoms with van der Waals surface area (Å²) in [6, 6.07) is 12.4. The summed E-state index contributed by atoms with van der Waals surface area (Å²) in [5.74, 6) is 0.902. The van der Waals surface area contributed by atoms with Gasteiger partial charge in [-0.15, -0.1) is 0 Å². The molecule has 0 radical (unpaired) electrons. The Morgan fingerprint density at radius 1 is 0.957 bits per heavy atom. The van der Waals surface area contributed by atoms with Gasteiger partial charge >= 0.3 is 0 Å². The second-order valence-corrected chi connectivity index (χ2v) is 6.78. The first kappa shape index (κ1) is 13.9. The third kappa shape index (κ3) is 2.36. The number of aromatic nitrogens is 4. The second kappa shape index (κ2) is 4.88. The molecule has 0 N–H and O–H groups in total. The van der Waals surface area contributed by atoms with Crippen molar-refractivity contribution in [2.45, 2.75) is 26.3 Å². The fourth-order valence-electron chi connectivity index (χ4n) is 2.74. The summed E-state index contributed by atoms with van der Waals surface area (Å²) in [7, 11) is 0. The van der Waals surface area contributed by atoms with Gasteiger partial charge in [0.25, 0.3) is 6.33 Å². The summed E-state index contributed by atoms with van der Waals surface area (Å²) < 4.78 is 4.23. The van der Waals surface area contributed by atoms with Gasteiger partial charge in [0.2, 0.25) is 5.82 Å². The number of hydrogen-bond donors (Lipinski definition) is 0. The van der Waals surface area contributed by atoms with E-state index in [1.54, 1.807) is 0 Å². The lowest BCUT2D eigenvalue weighted by Gasteiger charge is -2.13. The molecule has 1 aromatic carbocycles. The van der Waals surface area contributed by atoms with Crippen molar-refractivity contribution in [1.82, 2.24) is 14.5 Å². The molecule has 0 bridgehead atoms. The van der Waals surface area contributed by atoms with E-state index in [4.69, 9.17) is 4.98 Å². The molecule has 23 heavy (non-hydrogen) atoms. The Hall–Kier alpha value is -2.75. The lowest BCUT2D eigenvalue weighted by atomic mass is 10.1. The highest BCUT2D eigenvalue weighted by Crippen LogP contribution is 2.23. The van der Waals surface area contributed by atoms with Gasteiger partial charge in [-0.3, -0.25) is 4.98 Å². The number of nitrogens with zero attached hydrogens (tertiary/aromatic N) is 4. The van der Waals surface area contributed by atoms with E-state index < -0.39 is 0 Å². The van der Waals surface area contributed by atoms with Crippen molar-refractivity contribution in [1.29, 1.82) is 0 Å². The Balaban J connectivity index is 1.91. The minimum Gasteiger partial charge on any atom is -0.254 e. The molecule has 0 unspecified atom stereocenters. The molecule has 0 aliphatic rings. The average Bonchev–Trinajstić information content (AvgIpc) is 3.04. The van der Waals surface area contributed by atoms with Crippen LogP contribution in [0, 0.1) is 0 Å². The van der Waals surface area contributed by atoms with E-state index in [0.29, 0.717) is 0 Å². The summed E-state index contributed by atoms with van der Waals surface area (Å²) >= 11 is 0. The van der Waals surface area contributed by atoms with Crippen LogP contribution < -0.4 is 4.57 Å². The third-order valence-corrected chi connectivity index (χ3v) is 4.09. The fraction of sp³-hybridized carbons (Fsp3) is 0.211. The van der Waals surface area contributed by atoms with Crippen LogP contribution in [-0.2, 0) is 5.54 Å². The molecule has 4 aromatic rings. The molecular weight excluding hydrogens is 284 g/mol. The Labute approximate surface area is 135 Å². The lowest BCUT2D eigenvalue weighted by Crippen LogP contribution is -2.48. The normalized spacial score (nSPS) is 12.1. The van der Waals surface area contributed by atoms with Crippen molar-refractivity contribution < 1.29 is 4.57 Å². The van der Waals surface area contributed by atoms with Crippen LogP contribution in [0.2, 0.25) is 0 Å². The maximum absolute atomic E-state index is 4.86. The highest BCUT2D eigenvalue weighted by Gasteiger charge is 2.20. The molecule has 4 rings (SSSR count). The molecule has 0 aliphatic carbocycles. The molecule has 0 saturated carbocycles. The van der Waals surface area contributed by atoms with Crippen molar-refractivity contribution in [3.8, 4) is 5.82 Å². The molecule has 0 amide bonds. The minimum atomic E-state index is 0.0519. The van der Waals surface area contributed by atoms with Crippen LogP contribution in [0.5, 0.6) is 0 Å². The van der Waals surface area contributed by atoms with Crippen LogP contribution in [0.4, 0.5) is 0 Å². The number of rotatable bonds is 1. The molecule has 0 fully saturated rings. The van der Waals surface area contributed by atoms with Gasteiger partial charge in [-0.1, -0.05) is 18.2 Å². The number of benzene rings is 1. The molecule has 4 nitrogen and oxygen atoms in total. The fourth-order valence-corrected chi connectivity index (χ4v) is 2.74. The summed E-state index contributed by atoms with van der Waals surface area (Å²) in [6.45, 7) is 6.55. The molecule has 0 aliphatic heterocycles. The minimum absolute atomic E-state index is 0.0519. The summed E-state index contributed by atoms with van der Waals surface area (Å²) in [5, 5.41) is 2.22. The van der Waals surface area contributed by atoms with Gasteiger partial charge in [-0.05, 0) is 32.9 Å². The molecule has 3 heterocycles. The SMILES string of the molecule is CC(C)(C)[n+]1ccn(-c2ccc3ccc4cccnc4c3n2)c1. The Kier molecular flexibility index (Phi) is 2.94. The predicted molar refractivity (Wildman–Crippen MR) is 91.6 cm³/mol. The monoisotopic (exact) mass is 303 g/mol. The number of fused-ring (bicyclic) bond motifs is 3.